The smallest absolute Gasteiger partial charge is 0.411 e. The van der Waals surface area contributed by atoms with Crippen LogP contribution in [0.25, 0.3) is 0 Å². The van der Waals surface area contributed by atoms with Crippen LogP contribution in [0, 0.1) is 22.7 Å². The molecule has 0 radical (unpaired) electrons. The SMILES string of the molecule is CC(=CCC[C@H](C)OC(=O)Nc1ccccc1)CC[C@H]1C(C)=CC[C@@H]2C(C)(C)CCC[C@@]21C. The summed E-state index contributed by atoms with van der Waals surface area (Å²) in [4.78, 5) is 12.1. The Kier molecular flexibility index (Phi) is 8.48. The second-order valence-corrected chi connectivity index (χ2v) is 11.5. The Morgan fingerprint density at radius 1 is 1.21 bits per heavy atom. The first kappa shape index (κ1) is 25.6. The predicted molar refractivity (Wildman–Crippen MR) is 139 cm³/mol. The number of anilines is 1. The lowest BCUT2D eigenvalue weighted by Gasteiger charge is -2.57. The van der Waals surface area contributed by atoms with Crippen LogP contribution in [-0.2, 0) is 4.74 Å². The molecule has 0 saturated heterocycles. The predicted octanol–water partition coefficient (Wildman–Crippen LogP) is 8.93. The lowest BCUT2D eigenvalue weighted by molar-refractivity contribution is -0.0390. The Hall–Kier alpha value is -2.03. The molecule has 0 aromatic heterocycles. The van der Waals surface area contributed by atoms with Gasteiger partial charge in [-0.2, -0.15) is 0 Å². The van der Waals surface area contributed by atoms with Crippen molar-refractivity contribution in [3.8, 4) is 0 Å². The standard InChI is InChI=1S/C30H45NO2/c1-22(12-10-13-24(3)33-28(32)31-25-14-8-7-9-15-25)16-18-26-23(2)17-19-27-29(4,5)20-11-21-30(26,27)6/h7-9,12,14-15,17,24,26-27H,10-11,13,16,18-21H2,1-6H3,(H,31,32)/t24-,26-,27+,30+/m0/s1. The molecule has 2 aliphatic carbocycles. The van der Waals surface area contributed by atoms with Crippen LogP contribution in [-0.4, -0.2) is 12.2 Å². The van der Waals surface area contributed by atoms with Crippen LogP contribution in [0.1, 0.15) is 92.9 Å². The van der Waals surface area contributed by atoms with Crippen molar-refractivity contribution in [1.29, 1.82) is 0 Å². The summed E-state index contributed by atoms with van der Waals surface area (Å²) in [6.07, 6.45) is 14.0. The summed E-state index contributed by atoms with van der Waals surface area (Å²) in [6.45, 7) is 14.2. The monoisotopic (exact) mass is 451 g/mol. The molecule has 1 aromatic rings. The number of carbonyl (C=O) groups is 1. The van der Waals surface area contributed by atoms with Gasteiger partial charge in [0.25, 0.3) is 0 Å². The molecule has 1 fully saturated rings. The third-order valence-electron chi connectivity index (χ3n) is 8.52. The molecule has 2 aliphatic rings. The van der Waals surface area contributed by atoms with Crippen molar-refractivity contribution in [2.45, 2.75) is 99.0 Å². The Balaban J connectivity index is 1.46. The van der Waals surface area contributed by atoms with E-state index in [0.717, 1.165) is 30.9 Å². The summed E-state index contributed by atoms with van der Waals surface area (Å²) in [5.74, 6) is 1.50. The maximum atomic E-state index is 12.1. The van der Waals surface area contributed by atoms with Gasteiger partial charge in [0.2, 0.25) is 0 Å². The Morgan fingerprint density at radius 3 is 2.67 bits per heavy atom. The molecule has 4 atom stereocenters. The molecule has 182 valence electrons. The van der Waals surface area contributed by atoms with Crippen LogP contribution in [0.15, 0.2) is 53.6 Å². The molecule has 1 aromatic carbocycles. The third kappa shape index (κ3) is 6.52. The maximum Gasteiger partial charge on any atom is 0.411 e. The van der Waals surface area contributed by atoms with Crippen molar-refractivity contribution < 1.29 is 9.53 Å². The lowest BCUT2D eigenvalue weighted by Crippen LogP contribution is -2.48. The number of amides is 1. The zero-order valence-electron chi connectivity index (χ0n) is 21.7. The molecule has 0 spiro atoms. The highest BCUT2D eigenvalue weighted by Crippen LogP contribution is 2.60. The van der Waals surface area contributed by atoms with Gasteiger partial charge in [-0.25, -0.2) is 4.79 Å². The summed E-state index contributed by atoms with van der Waals surface area (Å²) in [7, 11) is 0. The van der Waals surface area contributed by atoms with Gasteiger partial charge in [-0.05, 0) is 101 Å². The van der Waals surface area contributed by atoms with Crippen LogP contribution in [0.4, 0.5) is 10.5 Å². The number of fused-ring (bicyclic) bond motifs is 1. The Labute approximate surface area is 202 Å². The first-order valence-corrected chi connectivity index (χ1v) is 13.0. The van der Waals surface area contributed by atoms with Crippen molar-refractivity contribution >= 4 is 11.8 Å². The summed E-state index contributed by atoms with van der Waals surface area (Å²) in [6, 6.07) is 9.43. The highest BCUT2D eigenvalue weighted by Gasteiger charge is 2.51. The Morgan fingerprint density at radius 2 is 1.94 bits per heavy atom. The van der Waals surface area contributed by atoms with Gasteiger partial charge in [0, 0.05) is 5.69 Å². The molecular weight excluding hydrogens is 406 g/mol. The van der Waals surface area contributed by atoms with Gasteiger partial charge in [0.05, 0.1) is 0 Å². The number of ether oxygens (including phenoxy) is 1. The minimum atomic E-state index is -0.382. The van der Waals surface area contributed by atoms with Gasteiger partial charge in [0.1, 0.15) is 6.10 Å². The summed E-state index contributed by atoms with van der Waals surface area (Å²) in [5, 5.41) is 2.78. The summed E-state index contributed by atoms with van der Waals surface area (Å²) in [5.41, 5.74) is 4.73. The second-order valence-electron chi connectivity index (χ2n) is 11.5. The zero-order valence-corrected chi connectivity index (χ0v) is 21.7. The largest absolute Gasteiger partial charge is 0.446 e. The number of allylic oxidation sites excluding steroid dienone is 4. The fourth-order valence-corrected chi connectivity index (χ4v) is 6.64. The molecule has 0 bridgehead atoms. The first-order chi connectivity index (χ1) is 15.6. The van der Waals surface area contributed by atoms with Gasteiger partial charge in [0.15, 0.2) is 0 Å². The number of para-hydroxylation sites is 1. The van der Waals surface area contributed by atoms with Crippen molar-refractivity contribution in [2.24, 2.45) is 22.7 Å². The van der Waals surface area contributed by atoms with Gasteiger partial charge in [-0.3, -0.25) is 5.32 Å². The van der Waals surface area contributed by atoms with Crippen LogP contribution in [0.5, 0.6) is 0 Å². The average molecular weight is 452 g/mol. The van der Waals surface area contributed by atoms with E-state index in [2.05, 4.69) is 52.1 Å². The maximum absolute atomic E-state index is 12.1. The van der Waals surface area contributed by atoms with Gasteiger partial charge in [-0.1, -0.05) is 68.7 Å². The van der Waals surface area contributed by atoms with E-state index in [9.17, 15) is 4.79 Å². The molecule has 1 saturated carbocycles. The van der Waals surface area contributed by atoms with E-state index >= 15 is 0 Å². The van der Waals surface area contributed by atoms with Crippen molar-refractivity contribution in [3.63, 3.8) is 0 Å². The number of nitrogens with one attached hydrogen (secondary N) is 1. The minimum Gasteiger partial charge on any atom is -0.446 e. The molecular formula is C30H45NO2. The first-order valence-electron chi connectivity index (χ1n) is 13.0. The van der Waals surface area contributed by atoms with Crippen LogP contribution >= 0.6 is 0 Å². The van der Waals surface area contributed by atoms with E-state index in [1.165, 1.54) is 37.7 Å². The van der Waals surface area contributed by atoms with E-state index in [0.29, 0.717) is 16.7 Å². The van der Waals surface area contributed by atoms with Crippen LogP contribution < -0.4 is 5.32 Å². The van der Waals surface area contributed by atoms with Crippen molar-refractivity contribution in [1.82, 2.24) is 0 Å². The molecule has 0 unspecified atom stereocenters. The molecule has 0 aliphatic heterocycles. The highest BCUT2D eigenvalue weighted by atomic mass is 16.6. The zero-order chi connectivity index (χ0) is 24.1. The summed E-state index contributed by atoms with van der Waals surface area (Å²) >= 11 is 0. The van der Waals surface area contributed by atoms with E-state index in [-0.39, 0.29) is 12.2 Å². The number of hydrogen-bond donors (Lipinski definition) is 1. The quantitative estimate of drug-likeness (QED) is 0.401. The number of carbonyl (C=O) groups excluding carboxylic acids is 1. The van der Waals surface area contributed by atoms with Gasteiger partial charge >= 0.3 is 6.09 Å². The molecule has 1 N–H and O–H groups in total. The van der Waals surface area contributed by atoms with Crippen molar-refractivity contribution in [3.05, 3.63) is 53.6 Å². The molecule has 33 heavy (non-hydrogen) atoms. The topological polar surface area (TPSA) is 38.3 Å². The van der Waals surface area contributed by atoms with Crippen LogP contribution in [0.3, 0.4) is 0 Å². The van der Waals surface area contributed by atoms with Crippen molar-refractivity contribution in [2.75, 3.05) is 5.32 Å². The van der Waals surface area contributed by atoms with Gasteiger partial charge in [-0.15, -0.1) is 0 Å². The minimum absolute atomic E-state index is 0.106. The summed E-state index contributed by atoms with van der Waals surface area (Å²) < 4.78 is 5.51. The van der Waals surface area contributed by atoms with Gasteiger partial charge < -0.3 is 4.74 Å². The highest BCUT2D eigenvalue weighted by molar-refractivity contribution is 5.84. The molecule has 3 heteroatoms. The fraction of sp³-hybridized carbons (Fsp3) is 0.633. The molecule has 3 rings (SSSR count). The second kappa shape index (κ2) is 10.9. The number of rotatable bonds is 8. The van der Waals surface area contributed by atoms with E-state index in [1.54, 1.807) is 5.57 Å². The lowest BCUT2D eigenvalue weighted by atomic mass is 9.48. The molecule has 1 amide bonds. The Bertz CT molecular complexity index is 853. The molecule has 3 nitrogen and oxygen atoms in total. The number of hydrogen-bond acceptors (Lipinski definition) is 2. The normalized spacial score (nSPS) is 27.8. The number of benzene rings is 1. The fourth-order valence-electron chi connectivity index (χ4n) is 6.64. The van der Waals surface area contributed by atoms with E-state index in [1.807, 2.05) is 37.3 Å². The van der Waals surface area contributed by atoms with E-state index < -0.39 is 0 Å². The third-order valence-corrected chi connectivity index (χ3v) is 8.52. The molecule has 0 heterocycles. The van der Waals surface area contributed by atoms with E-state index in [4.69, 9.17) is 4.74 Å². The van der Waals surface area contributed by atoms with Crippen LogP contribution in [0.2, 0.25) is 0 Å². The average Bonchev–Trinajstić information content (AvgIpc) is 2.73.